The van der Waals surface area contributed by atoms with Gasteiger partial charge in [-0.2, -0.15) is 0 Å². The number of hydrogen-bond acceptors (Lipinski definition) is 2. The van der Waals surface area contributed by atoms with Crippen molar-refractivity contribution >= 4 is 11.9 Å². The summed E-state index contributed by atoms with van der Waals surface area (Å²) in [6.07, 6.45) is 6.65. The van der Waals surface area contributed by atoms with Gasteiger partial charge in [0, 0.05) is 13.0 Å². The fourth-order valence-electron chi connectivity index (χ4n) is 4.53. The number of likely N-dealkylation sites (N-methyl/N-ethyl adjacent to an activating group) is 1. The van der Waals surface area contributed by atoms with E-state index in [1.165, 1.54) is 19.3 Å². The molecule has 2 aliphatic rings. The Labute approximate surface area is 151 Å². The Balaban J connectivity index is 1.78. The van der Waals surface area contributed by atoms with Crippen molar-refractivity contribution in [1.82, 2.24) is 9.80 Å². The highest BCUT2D eigenvalue weighted by Gasteiger charge is 2.48. The summed E-state index contributed by atoms with van der Waals surface area (Å²) in [7, 11) is 1.83. The van der Waals surface area contributed by atoms with Gasteiger partial charge < -0.3 is 4.90 Å². The van der Waals surface area contributed by atoms with E-state index < -0.39 is 0 Å². The zero-order chi connectivity index (χ0) is 18.0. The third-order valence-electron chi connectivity index (χ3n) is 6.09. The van der Waals surface area contributed by atoms with Crippen LogP contribution in [0.4, 0.5) is 4.79 Å². The second-order valence-electron chi connectivity index (χ2n) is 7.82. The largest absolute Gasteiger partial charge is 0.327 e. The number of imide groups is 1. The quantitative estimate of drug-likeness (QED) is 0.826. The number of carbonyl (C=O) groups excluding carboxylic acids is 2. The van der Waals surface area contributed by atoms with Crippen molar-refractivity contribution in [2.75, 3.05) is 7.05 Å². The van der Waals surface area contributed by atoms with Crippen LogP contribution < -0.4 is 0 Å². The van der Waals surface area contributed by atoms with Gasteiger partial charge in [-0.05, 0) is 37.7 Å². The first-order chi connectivity index (χ1) is 12.0. The lowest BCUT2D eigenvalue weighted by molar-refractivity contribution is -0.134. The van der Waals surface area contributed by atoms with E-state index in [9.17, 15) is 9.59 Å². The van der Waals surface area contributed by atoms with Crippen LogP contribution in [0.2, 0.25) is 0 Å². The normalized spacial score (nSPS) is 26.1. The predicted octanol–water partition coefficient (Wildman–Crippen LogP) is 4.10. The molecule has 1 aromatic rings. The molecular formula is C21H30N2O2. The molecule has 0 unspecified atom stereocenters. The van der Waals surface area contributed by atoms with Gasteiger partial charge in [-0.3, -0.25) is 9.69 Å². The Morgan fingerprint density at radius 1 is 1.16 bits per heavy atom. The van der Waals surface area contributed by atoms with Crippen molar-refractivity contribution in [1.29, 1.82) is 0 Å². The molecule has 3 atom stereocenters. The monoisotopic (exact) mass is 342 g/mol. The number of urea groups is 1. The first kappa shape index (κ1) is 18.0. The number of hydrogen-bond donors (Lipinski definition) is 0. The van der Waals surface area contributed by atoms with Crippen molar-refractivity contribution in [3.05, 3.63) is 35.9 Å². The maximum absolute atomic E-state index is 13.2. The molecule has 2 fully saturated rings. The van der Waals surface area contributed by atoms with Crippen LogP contribution >= 0.6 is 0 Å². The first-order valence-electron chi connectivity index (χ1n) is 9.64. The van der Waals surface area contributed by atoms with Gasteiger partial charge in [0.2, 0.25) is 5.91 Å². The molecule has 0 bridgehead atoms. The van der Waals surface area contributed by atoms with Crippen LogP contribution in [0.25, 0.3) is 0 Å². The fraction of sp³-hybridized carbons (Fsp3) is 0.619. The lowest BCUT2D eigenvalue weighted by Crippen LogP contribution is -2.48. The number of rotatable bonds is 4. The summed E-state index contributed by atoms with van der Waals surface area (Å²) < 4.78 is 0. The minimum Gasteiger partial charge on any atom is -0.323 e. The van der Waals surface area contributed by atoms with E-state index in [0.29, 0.717) is 12.3 Å². The molecule has 3 amide bonds. The van der Waals surface area contributed by atoms with Crippen LogP contribution in [0, 0.1) is 11.8 Å². The summed E-state index contributed by atoms with van der Waals surface area (Å²) in [4.78, 5) is 29.3. The number of carbonyl (C=O) groups is 2. The van der Waals surface area contributed by atoms with Gasteiger partial charge in [-0.15, -0.1) is 0 Å². The van der Waals surface area contributed by atoms with E-state index in [2.05, 4.69) is 6.92 Å². The SMILES string of the molecule is C[C@@H](Cc1ccccc1)C(=O)N1C(=O)N(C)[C@@H](C)[C@H]1C1CCCCC1. The van der Waals surface area contributed by atoms with Crippen LogP contribution in [0.15, 0.2) is 30.3 Å². The van der Waals surface area contributed by atoms with E-state index in [0.717, 1.165) is 18.4 Å². The zero-order valence-electron chi connectivity index (χ0n) is 15.6. The first-order valence-corrected chi connectivity index (χ1v) is 9.64. The molecule has 1 aliphatic carbocycles. The third kappa shape index (κ3) is 3.58. The van der Waals surface area contributed by atoms with E-state index >= 15 is 0 Å². The average molecular weight is 342 g/mol. The van der Waals surface area contributed by atoms with E-state index in [-0.39, 0.29) is 29.9 Å². The minimum atomic E-state index is -0.184. The third-order valence-corrected chi connectivity index (χ3v) is 6.09. The lowest BCUT2D eigenvalue weighted by atomic mass is 9.81. The Bertz CT molecular complexity index is 610. The van der Waals surface area contributed by atoms with E-state index in [1.54, 1.807) is 9.80 Å². The Kier molecular flexibility index (Phi) is 5.45. The van der Waals surface area contributed by atoms with E-state index in [4.69, 9.17) is 0 Å². The number of amides is 3. The van der Waals surface area contributed by atoms with Crippen molar-refractivity contribution in [3.63, 3.8) is 0 Å². The Morgan fingerprint density at radius 3 is 2.44 bits per heavy atom. The summed E-state index contributed by atoms with van der Waals surface area (Å²) in [5.74, 6) is 0.252. The van der Waals surface area contributed by atoms with Gasteiger partial charge >= 0.3 is 6.03 Å². The van der Waals surface area contributed by atoms with Gasteiger partial charge in [0.15, 0.2) is 0 Å². The molecule has 4 nitrogen and oxygen atoms in total. The molecule has 136 valence electrons. The molecule has 0 N–H and O–H groups in total. The lowest BCUT2D eigenvalue weighted by Gasteiger charge is -2.35. The van der Waals surface area contributed by atoms with Crippen LogP contribution in [0.3, 0.4) is 0 Å². The molecule has 1 saturated carbocycles. The van der Waals surface area contributed by atoms with Crippen LogP contribution in [0.1, 0.15) is 51.5 Å². The van der Waals surface area contributed by atoms with Gasteiger partial charge in [0.05, 0.1) is 12.1 Å². The number of nitrogens with zero attached hydrogens (tertiary/aromatic N) is 2. The summed E-state index contributed by atoms with van der Waals surface area (Å²) in [5.41, 5.74) is 1.14. The van der Waals surface area contributed by atoms with Crippen molar-refractivity contribution < 1.29 is 9.59 Å². The summed E-state index contributed by atoms with van der Waals surface area (Å²) in [6, 6.07) is 10.1. The second-order valence-corrected chi connectivity index (χ2v) is 7.82. The van der Waals surface area contributed by atoms with Crippen molar-refractivity contribution in [2.24, 2.45) is 11.8 Å². The van der Waals surface area contributed by atoms with Gasteiger partial charge in [-0.25, -0.2) is 4.79 Å². The van der Waals surface area contributed by atoms with Crippen LogP contribution in [-0.4, -0.2) is 40.9 Å². The maximum Gasteiger partial charge on any atom is 0.327 e. The molecule has 1 aliphatic heterocycles. The Hall–Kier alpha value is -1.84. The smallest absolute Gasteiger partial charge is 0.323 e. The van der Waals surface area contributed by atoms with Gasteiger partial charge in [-0.1, -0.05) is 56.5 Å². The highest BCUT2D eigenvalue weighted by molar-refractivity contribution is 5.97. The van der Waals surface area contributed by atoms with Crippen molar-refractivity contribution in [3.8, 4) is 0 Å². The minimum absolute atomic E-state index is 0.0133. The molecule has 0 aromatic heterocycles. The molecule has 3 rings (SSSR count). The van der Waals surface area contributed by atoms with Gasteiger partial charge in [0.25, 0.3) is 0 Å². The fourth-order valence-corrected chi connectivity index (χ4v) is 4.53. The standard InChI is InChI=1S/C21H30N2O2/c1-15(14-17-10-6-4-7-11-17)20(24)23-19(16(2)22(3)21(23)25)18-12-8-5-9-13-18/h4,6-7,10-11,15-16,18-19H,5,8-9,12-14H2,1-3H3/t15-,16-,19-/m0/s1. The zero-order valence-corrected chi connectivity index (χ0v) is 15.6. The summed E-state index contributed by atoms with van der Waals surface area (Å²) >= 11 is 0. The second kappa shape index (κ2) is 7.59. The predicted molar refractivity (Wildman–Crippen MR) is 99.1 cm³/mol. The van der Waals surface area contributed by atoms with Crippen LogP contribution in [-0.2, 0) is 11.2 Å². The topological polar surface area (TPSA) is 40.6 Å². The molecule has 1 saturated heterocycles. The molecule has 0 spiro atoms. The molecule has 25 heavy (non-hydrogen) atoms. The van der Waals surface area contributed by atoms with Crippen LogP contribution in [0.5, 0.6) is 0 Å². The summed E-state index contributed by atoms with van der Waals surface area (Å²) in [5, 5.41) is 0. The highest BCUT2D eigenvalue weighted by atomic mass is 16.2. The molecular weight excluding hydrogens is 312 g/mol. The number of benzene rings is 1. The average Bonchev–Trinajstić information content (AvgIpc) is 2.86. The Morgan fingerprint density at radius 2 is 1.80 bits per heavy atom. The van der Waals surface area contributed by atoms with Gasteiger partial charge in [0.1, 0.15) is 0 Å². The molecule has 4 heteroatoms. The van der Waals surface area contributed by atoms with E-state index in [1.807, 2.05) is 44.3 Å². The highest BCUT2D eigenvalue weighted by Crippen LogP contribution is 2.36. The molecule has 0 radical (unpaired) electrons. The van der Waals surface area contributed by atoms with Crippen molar-refractivity contribution in [2.45, 2.75) is 64.5 Å². The molecule has 1 aromatic carbocycles. The summed E-state index contributed by atoms with van der Waals surface area (Å²) in [6.45, 7) is 4.04. The maximum atomic E-state index is 13.2. The molecule has 1 heterocycles.